The fraction of sp³-hybridized carbons (Fsp3) is 0.450. The van der Waals surface area contributed by atoms with Crippen molar-refractivity contribution in [3.63, 3.8) is 0 Å². The van der Waals surface area contributed by atoms with Crippen molar-refractivity contribution in [3.8, 4) is 5.69 Å². The number of piperidine rings is 1. The summed E-state index contributed by atoms with van der Waals surface area (Å²) in [6.45, 7) is 4.16. The number of hydrogen-bond donors (Lipinski definition) is 2. The van der Waals surface area contributed by atoms with Crippen molar-refractivity contribution in [2.24, 2.45) is 0 Å². The first-order valence-electron chi connectivity index (χ1n) is 9.59. The molecule has 0 atom stereocenters. The predicted molar refractivity (Wildman–Crippen MR) is 104 cm³/mol. The van der Waals surface area contributed by atoms with Crippen LogP contribution in [0.15, 0.2) is 43.0 Å². The molecule has 1 saturated heterocycles. The molecule has 3 rings (SSSR count). The lowest BCUT2D eigenvalue weighted by Gasteiger charge is -2.32. The average molecular weight is 369 g/mol. The Labute approximate surface area is 159 Å². The highest BCUT2D eigenvalue weighted by Crippen LogP contribution is 2.13. The van der Waals surface area contributed by atoms with Crippen LogP contribution in [0, 0.1) is 0 Å². The summed E-state index contributed by atoms with van der Waals surface area (Å²) in [6.07, 6.45) is 8.93. The standard InChI is InChI=1S/C20H27N5O2/c1-2-3-10-22-20(27)24-12-8-17(9-13-24)23-19(26)16-4-6-18(7-5-16)25-14-11-21-15-25/h4-7,11,14-15,17H,2-3,8-10,12-13H2,1H3,(H,22,27)(H,23,26). The monoisotopic (exact) mass is 369 g/mol. The molecule has 0 radical (unpaired) electrons. The lowest BCUT2D eigenvalue weighted by Crippen LogP contribution is -2.49. The number of carbonyl (C=O) groups is 2. The van der Waals surface area contributed by atoms with Gasteiger partial charge in [0.25, 0.3) is 5.91 Å². The number of carbonyl (C=O) groups excluding carboxylic acids is 2. The van der Waals surface area contributed by atoms with Crippen LogP contribution in [0.5, 0.6) is 0 Å². The van der Waals surface area contributed by atoms with E-state index in [2.05, 4.69) is 22.5 Å². The molecule has 2 aromatic rings. The van der Waals surface area contributed by atoms with Gasteiger partial charge in [-0.15, -0.1) is 0 Å². The van der Waals surface area contributed by atoms with E-state index in [1.54, 1.807) is 12.5 Å². The normalized spacial score (nSPS) is 14.8. The van der Waals surface area contributed by atoms with E-state index < -0.39 is 0 Å². The summed E-state index contributed by atoms with van der Waals surface area (Å²) in [7, 11) is 0. The van der Waals surface area contributed by atoms with Crippen LogP contribution < -0.4 is 10.6 Å². The number of unbranched alkanes of at least 4 members (excludes halogenated alkanes) is 1. The molecule has 1 fully saturated rings. The molecular weight excluding hydrogens is 342 g/mol. The zero-order valence-corrected chi connectivity index (χ0v) is 15.7. The summed E-state index contributed by atoms with van der Waals surface area (Å²) >= 11 is 0. The van der Waals surface area contributed by atoms with Gasteiger partial charge in [-0.05, 0) is 43.5 Å². The Morgan fingerprint density at radius 2 is 1.93 bits per heavy atom. The Hall–Kier alpha value is -2.83. The molecule has 2 heterocycles. The molecule has 0 unspecified atom stereocenters. The molecule has 3 amide bonds. The molecule has 7 heteroatoms. The Kier molecular flexibility index (Phi) is 6.46. The van der Waals surface area contributed by atoms with E-state index in [1.165, 1.54) is 0 Å². The van der Waals surface area contributed by atoms with E-state index in [0.29, 0.717) is 18.7 Å². The van der Waals surface area contributed by atoms with Crippen molar-refractivity contribution >= 4 is 11.9 Å². The summed E-state index contributed by atoms with van der Waals surface area (Å²) in [5, 5.41) is 6.03. The maximum Gasteiger partial charge on any atom is 0.317 e. The molecule has 1 aliphatic rings. The van der Waals surface area contributed by atoms with E-state index >= 15 is 0 Å². The molecule has 2 N–H and O–H groups in total. The van der Waals surface area contributed by atoms with Gasteiger partial charge in [-0.2, -0.15) is 0 Å². The van der Waals surface area contributed by atoms with Crippen LogP contribution in [0.4, 0.5) is 4.79 Å². The number of hydrogen-bond acceptors (Lipinski definition) is 3. The van der Waals surface area contributed by atoms with Gasteiger partial charge in [0.1, 0.15) is 0 Å². The zero-order valence-electron chi connectivity index (χ0n) is 15.7. The zero-order chi connectivity index (χ0) is 19.1. The fourth-order valence-electron chi connectivity index (χ4n) is 3.18. The van der Waals surface area contributed by atoms with Crippen LogP contribution in [0.25, 0.3) is 5.69 Å². The number of nitrogens with zero attached hydrogens (tertiary/aromatic N) is 3. The maximum atomic E-state index is 12.5. The van der Waals surface area contributed by atoms with Crippen LogP contribution in [0.2, 0.25) is 0 Å². The Morgan fingerprint density at radius 3 is 2.56 bits per heavy atom. The van der Waals surface area contributed by atoms with Crippen LogP contribution in [-0.4, -0.2) is 52.1 Å². The second kappa shape index (κ2) is 9.21. The number of rotatable bonds is 6. The topological polar surface area (TPSA) is 79.3 Å². The SMILES string of the molecule is CCCCNC(=O)N1CCC(NC(=O)c2ccc(-n3ccnc3)cc2)CC1. The van der Waals surface area contributed by atoms with Crippen LogP contribution in [0.1, 0.15) is 43.0 Å². The highest BCUT2D eigenvalue weighted by Gasteiger charge is 2.23. The minimum Gasteiger partial charge on any atom is -0.349 e. The molecule has 0 aliphatic carbocycles. The number of likely N-dealkylation sites (tertiary alicyclic amines) is 1. The van der Waals surface area contributed by atoms with Gasteiger partial charge in [0.05, 0.1) is 6.33 Å². The number of nitrogens with one attached hydrogen (secondary N) is 2. The van der Waals surface area contributed by atoms with Gasteiger partial charge in [0, 0.05) is 49.3 Å². The molecule has 0 bridgehead atoms. The van der Waals surface area contributed by atoms with Gasteiger partial charge in [0.2, 0.25) is 0 Å². The third kappa shape index (κ3) is 5.09. The summed E-state index contributed by atoms with van der Waals surface area (Å²) in [5.74, 6) is -0.0713. The predicted octanol–water partition coefficient (Wildman–Crippen LogP) is 2.58. The number of amides is 3. The lowest BCUT2D eigenvalue weighted by molar-refractivity contribution is 0.0918. The van der Waals surface area contributed by atoms with Crippen LogP contribution in [0.3, 0.4) is 0 Å². The molecule has 27 heavy (non-hydrogen) atoms. The van der Waals surface area contributed by atoms with Gasteiger partial charge in [-0.1, -0.05) is 13.3 Å². The Balaban J connectivity index is 1.46. The number of urea groups is 1. The summed E-state index contributed by atoms with van der Waals surface area (Å²) in [6, 6.07) is 7.55. The second-order valence-electron chi connectivity index (χ2n) is 6.84. The second-order valence-corrected chi connectivity index (χ2v) is 6.84. The van der Waals surface area contributed by atoms with Crippen LogP contribution >= 0.6 is 0 Å². The summed E-state index contributed by atoms with van der Waals surface area (Å²) < 4.78 is 1.89. The van der Waals surface area contributed by atoms with E-state index in [-0.39, 0.29) is 18.0 Å². The fourth-order valence-corrected chi connectivity index (χ4v) is 3.18. The van der Waals surface area contributed by atoms with Crippen molar-refractivity contribution in [1.82, 2.24) is 25.1 Å². The number of imidazole rings is 1. The molecule has 1 aliphatic heterocycles. The van der Waals surface area contributed by atoms with Crippen molar-refractivity contribution in [1.29, 1.82) is 0 Å². The van der Waals surface area contributed by atoms with Crippen molar-refractivity contribution < 1.29 is 9.59 Å². The minimum absolute atomic E-state index is 0.00307. The molecule has 1 aromatic heterocycles. The molecular formula is C20H27N5O2. The number of aromatic nitrogens is 2. The van der Waals surface area contributed by atoms with Gasteiger partial charge < -0.3 is 20.1 Å². The van der Waals surface area contributed by atoms with E-state index in [1.807, 2.05) is 39.9 Å². The van der Waals surface area contributed by atoms with Crippen molar-refractivity contribution in [2.75, 3.05) is 19.6 Å². The first-order chi connectivity index (χ1) is 13.2. The van der Waals surface area contributed by atoms with Gasteiger partial charge in [0.15, 0.2) is 0 Å². The summed E-state index contributed by atoms with van der Waals surface area (Å²) in [4.78, 5) is 30.4. The third-order valence-electron chi connectivity index (χ3n) is 4.86. The lowest BCUT2D eigenvalue weighted by atomic mass is 10.0. The molecule has 0 spiro atoms. The Bertz CT molecular complexity index is 734. The average Bonchev–Trinajstić information content (AvgIpc) is 3.23. The Morgan fingerprint density at radius 1 is 1.19 bits per heavy atom. The van der Waals surface area contributed by atoms with E-state index in [9.17, 15) is 9.59 Å². The first-order valence-corrected chi connectivity index (χ1v) is 9.59. The molecule has 1 aromatic carbocycles. The molecule has 0 saturated carbocycles. The third-order valence-corrected chi connectivity index (χ3v) is 4.86. The van der Waals surface area contributed by atoms with E-state index in [4.69, 9.17) is 0 Å². The number of benzene rings is 1. The molecule has 144 valence electrons. The highest BCUT2D eigenvalue weighted by molar-refractivity contribution is 5.94. The largest absolute Gasteiger partial charge is 0.349 e. The smallest absolute Gasteiger partial charge is 0.317 e. The first kappa shape index (κ1) is 18.9. The summed E-state index contributed by atoms with van der Waals surface area (Å²) in [5.41, 5.74) is 1.60. The van der Waals surface area contributed by atoms with Gasteiger partial charge in [-0.3, -0.25) is 4.79 Å². The molecule has 7 nitrogen and oxygen atoms in total. The van der Waals surface area contributed by atoms with Crippen molar-refractivity contribution in [3.05, 3.63) is 48.5 Å². The maximum absolute atomic E-state index is 12.5. The minimum atomic E-state index is -0.0713. The van der Waals surface area contributed by atoms with E-state index in [0.717, 1.165) is 37.9 Å². The van der Waals surface area contributed by atoms with Gasteiger partial charge >= 0.3 is 6.03 Å². The highest BCUT2D eigenvalue weighted by atomic mass is 16.2. The van der Waals surface area contributed by atoms with Crippen molar-refractivity contribution in [2.45, 2.75) is 38.6 Å². The quantitative estimate of drug-likeness (QED) is 0.768. The van der Waals surface area contributed by atoms with Crippen LogP contribution in [-0.2, 0) is 0 Å². The van der Waals surface area contributed by atoms with Gasteiger partial charge in [-0.25, -0.2) is 9.78 Å².